The van der Waals surface area contributed by atoms with Crippen LogP contribution in [0.1, 0.15) is 31.9 Å². The molecule has 1 saturated heterocycles. The third kappa shape index (κ3) is 3.41. The van der Waals surface area contributed by atoms with Gasteiger partial charge in [-0.15, -0.1) is 0 Å². The molecule has 1 amide bonds. The molecule has 1 heterocycles. The van der Waals surface area contributed by atoms with Crippen LogP contribution in [-0.2, 0) is 19.4 Å². The van der Waals surface area contributed by atoms with E-state index in [1.54, 1.807) is 0 Å². The summed E-state index contributed by atoms with van der Waals surface area (Å²) in [6.45, 7) is 3.18. The molecule has 1 aromatic carbocycles. The number of benzene rings is 1. The Labute approximate surface area is 146 Å². The van der Waals surface area contributed by atoms with Crippen molar-refractivity contribution < 1.29 is 27.9 Å². The van der Waals surface area contributed by atoms with Gasteiger partial charge in [-0.1, -0.05) is 0 Å². The zero-order valence-corrected chi connectivity index (χ0v) is 15.1. The van der Waals surface area contributed by atoms with Crippen LogP contribution in [-0.4, -0.2) is 49.4 Å². The second-order valence-corrected chi connectivity index (χ2v) is 8.70. The van der Waals surface area contributed by atoms with Gasteiger partial charge in [0.2, 0.25) is 0 Å². The summed E-state index contributed by atoms with van der Waals surface area (Å²) in [5.41, 5.74) is 6.32. The summed E-state index contributed by atoms with van der Waals surface area (Å²) in [6, 6.07) is 3.28. The zero-order valence-electron chi connectivity index (χ0n) is 14.3. The maximum absolute atomic E-state index is 12.7. The van der Waals surface area contributed by atoms with E-state index in [4.69, 9.17) is 10.5 Å². The minimum atomic E-state index is -3.69. The minimum Gasteiger partial charge on any atom is -0.469 e. The van der Waals surface area contributed by atoms with Gasteiger partial charge in [0.05, 0.1) is 29.2 Å². The van der Waals surface area contributed by atoms with E-state index in [1.165, 1.54) is 39.2 Å². The molecular formula is C16H22N2O6S. The van der Waals surface area contributed by atoms with Gasteiger partial charge in [-0.25, -0.2) is 13.2 Å². The number of nitrogens with two attached hydrogens (primary N) is 1. The van der Waals surface area contributed by atoms with Gasteiger partial charge in [0.25, 0.3) is 0 Å². The molecule has 0 bridgehead atoms. The number of sulfone groups is 1. The first kappa shape index (κ1) is 19.0. The second kappa shape index (κ2) is 6.91. The monoisotopic (exact) mass is 370 g/mol. The van der Waals surface area contributed by atoms with Crippen LogP contribution in [0.5, 0.6) is 0 Å². The summed E-state index contributed by atoms with van der Waals surface area (Å²) in [7, 11) is -2.48. The van der Waals surface area contributed by atoms with Crippen molar-refractivity contribution in [1.82, 2.24) is 4.90 Å². The number of carbonyl (C=O) groups excluding carboxylic acids is 1. The number of carboxylic acid groups (broad SMARTS) is 1. The second-order valence-electron chi connectivity index (χ2n) is 6.23. The average Bonchev–Trinajstić information content (AvgIpc) is 2.98. The minimum absolute atomic E-state index is 0.0104. The Balaban J connectivity index is 2.69. The summed E-state index contributed by atoms with van der Waals surface area (Å²) >= 11 is 0. The lowest BCUT2D eigenvalue weighted by Gasteiger charge is -2.28. The number of methoxy groups -OCH3 is 1. The van der Waals surface area contributed by atoms with Crippen molar-refractivity contribution in [2.24, 2.45) is 5.92 Å². The van der Waals surface area contributed by atoms with Crippen LogP contribution in [0.2, 0.25) is 0 Å². The molecule has 1 aliphatic rings. The van der Waals surface area contributed by atoms with Crippen LogP contribution < -0.4 is 5.73 Å². The number of nitrogen functional groups attached to an aromatic ring is 1. The van der Waals surface area contributed by atoms with Crippen molar-refractivity contribution >= 4 is 27.6 Å². The lowest BCUT2D eigenvalue weighted by molar-refractivity contribution is -0.146. The summed E-state index contributed by atoms with van der Waals surface area (Å²) in [6.07, 6.45) is -0.980. The van der Waals surface area contributed by atoms with Crippen LogP contribution in [0.3, 0.4) is 0 Å². The normalized spacial score (nSPS) is 20.7. The first-order valence-electron chi connectivity index (χ1n) is 7.82. The van der Waals surface area contributed by atoms with Crippen molar-refractivity contribution in [3.05, 3.63) is 23.8 Å². The molecule has 2 unspecified atom stereocenters. The van der Waals surface area contributed by atoms with Gasteiger partial charge in [0.15, 0.2) is 9.84 Å². The number of nitrogens with zero attached hydrogens (tertiary/aromatic N) is 1. The van der Waals surface area contributed by atoms with Crippen LogP contribution in [0.25, 0.3) is 0 Å². The van der Waals surface area contributed by atoms with Gasteiger partial charge in [-0.2, -0.15) is 0 Å². The SMILES string of the molecule is COC(=O)C1CCN(C(=O)O)C1c1cc(N)ccc1S(=O)(=O)C(C)C. The Bertz CT molecular complexity index is 790. The van der Waals surface area contributed by atoms with Gasteiger partial charge in [-0.05, 0) is 44.0 Å². The zero-order chi connectivity index (χ0) is 18.9. The highest BCUT2D eigenvalue weighted by Gasteiger charge is 2.45. The van der Waals surface area contributed by atoms with E-state index < -0.39 is 39.1 Å². The number of likely N-dealkylation sites (tertiary alicyclic amines) is 1. The molecule has 2 atom stereocenters. The van der Waals surface area contributed by atoms with E-state index >= 15 is 0 Å². The number of esters is 1. The van der Waals surface area contributed by atoms with E-state index in [-0.39, 0.29) is 23.4 Å². The van der Waals surface area contributed by atoms with Crippen molar-refractivity contribution in [2.75, 3.05) is 19.4 Å². The largest absolute Gasteiger partial charge is 0.469 e. The van der Waals surface area contributed by atoms with Gasteiger partial charge >= 0.3 is 12.1 Å². The summed E-state index contributed by atoms with van der Waals surface area (Å²) in [5.74, 6) is -1.37. The molecule has 0 saturated carbocycles. The molecule has 0 spiro atoms. The molecule has 9 heteroatoms. The Kier molecular flexibility index (Phi) is 5.26. The molecule has 1 aliphatic heterocycles. The number of ether oxygens (including phenoxy) is 1. The predicted molar refractivity (Wildman–Crippen MR) is 90.8 cm³/mol. The fourth-order valence-electron chi connectivity index (χ4n) is 3.10. The Morgan fingerprint density at radius 3 is 2.52 bits per heavy atom. The molecular weight excluding hydrogens is 348 g/mol. The third-order valence-corrected chi connectivity index (χ3v) is 6.65. The molecule has 2 rings (SSSR count). The third-order valence-electron chi connectivity index (χ3n) is 4.43. The van der Waals surface area contributed by atoms with Gasteiger partial charge in [0.1, 0.15) is 0 Å². The van der Waals surface area contributed by atoms with Crippen molar-refractivity contribution in [3.8, 4) is 0 Å². The first-order valence-corrected chi connectivity index (χ1v) is 9.36. The molecule has 0 aromatic heterocycles. The van der Waals surface area contributed by atoms with E-state index in [2.05, 4.69) is 0 Å². The van der Waals surface area contributed by atoms with Crippen molar-refractivity contribution in [2.45, 2.75) is 36.5 Å². The van der Waals surface area contributed by atoms with E-state index in [1.807, 2.05) is 0 Å². The molecule has 0 radical (unpaired) electrons. The maximum Gasteiger partial charge on any atom is 0.407 e. The highest BCUT2D eigenvalue weighted by molar-refractivity contribution is 7.92. The molecule has 3 N–H and O–H groups in total. The number of carbonyl (C=O) groups is 2. The van der Waals surface area contributed by atoms with Crippen LogP contribution in [0.15, 0.2) is 23.1 Å². The fourth-order valence-corrected chi connectivity index (χ4v) is 4.37. The molecule has 0 aliphatic carbocycles. The fraction of sp³-hybridized carbons (Fsp3) is 0.500. The smallest absolute Gasteiger partial charge is 0.407 e. The summed E-state index contributed by atoms with van der Waals surface area (Å²) in [4.78, 5) is 24.8. The van der Waals surface area contributed by atoms with E-state index in [0.29, 0.717) is 5.69 Å². The average molecular weight is 370 g/mol. The lowest BCUT2D eigenvalue weighted by Crippen LogP contribution is -2.34. The highest BCUT2D eigenvalue weighted by atomic mass is 32.2. The number of anilines is 1. The number of hydrogen-bond donors (Lipinski definition) is 2. The summed E-state index contributed by atoms with van der Waals surface area (Å²) < 4.78 is 30.2. The topological polar surface area (TPSA) is 127 Å². The lowest BCUT2D eigenvalue weighted by atomic mass is 9.93. The van der Waals surface area contributed by atoms with Crippen LogP contribution in [0, 0.1) is 5.92 Å². The standard InChI is InChI=1S/C16H22N2O6S/c1-9(2)25(22,23)13-5-4-10(17)8-12(13)14-11(15(19)24-3)6-7-18(14)16(20)21/h4-5,8-9,11,14H,6-7,17H2,1-3H3,(H,20,21). The molecule has 1 aromatic rings. The quantitative estimate of drug-likeness (QED) is 0.609. The van der Waals surface area contributed by atoms with Crippen LogP contribution >= 0.6 is 0 Å². The van der Waals surface area contributed by atoms with E-state index in [9.17, 15) is 23.1 Å². The summed E-state index contributed by atoms with van der Waals surface area (Å²) in [5, 5.41) is 8.78. The Morgan fingerprint density at radius 2 is 2.00 bits per heavy atom. The van der Waals surface area contributed by atoms with Gasteiger partial charge in [-0.3, -0.25) is 4.79 Å². The van der Waals surface area contributed by atoms with Crippen molar-refractivity contribution in [3.63, 3.8) is 0 Å². The Hall–Kier alpha value is -2.29. The van der Waals surface area contributed by atoms with E-state index in [0.717, 1.165) is 4.90 Å². The van der Waals surface area contributed by atoms with Gasteiger partial charge < -0.3 is 20.5 Å². The molecule has 138 valence electrons. The predicted octanol–water partition coefficient (Wildman–Crippen LogP) is 1.66. The Morgan fingerprint density at radius 1 is 1.36 bits per heavy atom. The maximum atomic E-state index is 12.7. The number of hydrogen-bond acceptors (Lipinski definition) is 6. The number of amides is 1. The molecule has 1 fully saturated rings. The van der Waals surface area contributed by atoms with Crippen LogP contribution in [0.4, 0.5) is 10.5 Å². The highest BCUT2D eigenvalue weighted by Crippen LogP contribution is 2.41. The molecule has 8 nitrogen and oxygen atoms in total. The first-order chi connectivity index (χ1) is 11.6. The van der Waals surface area contributed by atoms with Crippen molar-refractivity contribution in [1.29, 1.82) is 0 Å². The molecule has 25 heavy (non-hydrogen) atoms. The van der Waals surface area contributed by atoms with Gasteiger partial charge in [0, 0.05) is 12.2 Å². The number of rotatable bonds is 4.